The Bertz CT molecular complexity index is 641. The fourth-order valence-corrected chi connectivity index (χ4v) is 2.20. The molecule has 23 heavy (non-hydrogen) atoms. The number of nitrogens with two attached hydrogens (primary N) is 1. The molecule has 0 aliphatic carbocycles. The number of hydrogen-bond acceptors (Lipinski definition) is 4. The molecule has 1 heterocycles. The van der Waals surface area contributed by atoms with E-state index in [1.165, 1.54) is 18.2 Å². The van der Waals surface area contributed by atoms with Crippen LogP contribution >= 0.6 is 0 Å². The smallest absolute Gasteiger partial charge is 0.478 e. The van der Waals surface area contributed by atoms with Crippen LogP contribution in [0, 0.1) is 5.82 Å². The zero-order chi connectivity index (χ0) is 17.4. The molecule has 0 unspecified atom stereocenters. The van der Waals surface area contributed by atoms with Gasteiger partial charge in [-0.1, -0.05) is 6.08 Å². The summed E-state index contributed by atoms with van der Waals surface area (Å²) in [5.74, 6) is -1.65. The molecule has 1 fully saturated rings. The highest BCUT2D eigenvalue weighted by atomic mass is 19.1. The summed E-state index contributed by atoms with van der Waals surface area (Å²) in [7, 11) is -0.696. The third-order valence-corrected chi connectivity index (χ3v) is 4.38. The van der Waals surface area contributed by atoms with E-state index in [9.17, 15) is 9.18 Å². The summed E-state index contributed by atoms with van der Waals surface area (Å²) in [5.41, 5.74) is 5.38. The first-order valence-electron chi connectivity index (χ1n) is 7.36. The van der Waals surface area contributed by atoms with Gasteiger partial charge < -0.3 is 20.1 Å². The summed E-state index contributed by atoms with van der Waals surface area (Å²) < 4.78 is 25.8. The number of halogens is 1. The van der Waals surface area contributed by atoms with Gasteiger partial charge in [0.05, 0.1) is 16.8 Å². The van der Waals surface area contributed by atoms with Gasteiger partial charge in [-0.15, -0.1) is 0 Å². The van der Waals surface area contributed by atoms with Crippen LogP contribution in [-0.4, -0.2) is 35.9 Å². The zero-order valence-electron chi connectivity index (χ0n) is 13.7. The van der Waals surface area contributed by atoms with Gasteiger partial charge in [0.2, 0.25) is 0 Å². The summed E-state index contributed by atoms with van der Waals surface area (Å²) in [5, 5.41) is 9.02. The molecule has 1 saturated heterocycles. The summed E-state index contributed by atoms with van der Waals surface area (Å²) in [6.07, 6.45) is 1.49. The number of hydrogen-bond donors (Lipinski definition) is 2. The van der Waals surface area contributed by atoms with Crippen molar-refractivity contribution in [1.82, 2.24) is 0 Å². The van der Waals surface area contributed by atoms with Crippen LogP contribution < -0.4 is 5.73 Å². The lowest BCUT2D eigenvalue weighted by Gasteiger charge is -2.32. The lowest BCUT2D eigenvalue weighted by Crippen LogP contribution is -2.41. The molecule has 5 nitrogen and oxygen atoms in total. The Kier molecular flexibility index (Phi) is 4.66. The average molecular weight is 321 g/mol. The Morgan fingerprint density at radius 1 is 1.30 bits per heavy atom. The first-order chi connectivity index (χ1) is 10.6. The second-order valence-corrected chi connectivity index (χ2v) is 6.55. The maximum Gasteiger partial charge on any atom is 0.491 e. The predicted molar refractivity (Wildman–Crippen MR) is 86.5 cm³/mol. The molecular weight excluding hydrogens is 300 g/mol. The van der Waals surface area contributed by atoms with Crippen molar-refractivity contribution in [2.24, 2.45) is 5.73 Å². The summed E-state index contributed by atoms with van der Waals surface area (Å²) in [4.78, 5) is 11.0. The van der Waals surface area contributed by atoms with Gasteiger partial charge in [-0.3, -0.25) is 0 Å². The SMILES string of the molecule is CC1(C)OB(C(=Cc2cc(C(=O)O)ccc2F)CN)OC1(C)C. The van der Waals surface area contributed by atoms with Crippen molar-refractivity contribution in [3.63, 3.8) is 0 Å². The van der Waals surface area contributed by atoms with Crippen molar-refractivity contribution in [3.8, 4) is 0 Å². The lowest BCUT2D eigenvalue weighted by molar-refractivity contribution is 0.00578. The Morgan fingerprint density at radius 3 is 2.35 bits per heavy atom. The second kappa shape index (κ2) is 6.07. The molecule has 0 radical (unpaired) electrons. The van der Waals surface area contributed by atoms with E-state index in [1.807, 2.05) is 27.7 Å². The molecule has 1 aliphatic heterocycles. The van der Waals surface area contributed by atoms with Gasteiger partial charge in [-0.25, -0.2) is 9.18 Å². The predicted octanol–water partition coefficient (Wildman–Crippen LogP) is 2.50. The molecule has 0 amide bonds. The first kappa shape index (κ1) is 17.7. The van der Waals surface area contributed by atoms with Crippen molar-refractivity contribution < 1.29 is 23.6 Å². The molecule has 0 bridgehead atoms. The summed E-state index contributed by atoms with van der Waals surface area (Å²) >= 11 is 0. The fraction of sp³-hybridized carbons (Fsp3) is 0.438. The number of carboxylic acid groups (broad SMARTS) is 1. The molecule has 0 spiro atoms. The topological polar surface area (TPSA) is 81.8 Å². The first-order valence-corrected chi connectivity index (χ1v) is 7.36. The molecule has 1 aromatic carbocycles. The van der Waals surface area contributed by atoms with Gasteiger partial charge in [-0.05, 0) is 51.4 Å². The van der Waals surface area contributed by atoms with Gasteiger partial charge in [0.25, 0.3) is 0 Å². The quantitative estimate of drug-likeness (QED) is 0.833. The van der Waals surface area contributed by atoms with Crippen LogP contribution in [0.4, 0.5) is 4.39 Å². The largest absolute Gasteiger partial charge is 0.491 e. The van der Waals surface area contributed by atoms with Crippen LogP contribution in [0.2, 0.25) is 0 Å². The van der Waals surface area contributed by atoms with E-state index in [4.69, 9.17) is 20.1 Å². The number of carbonyl (C=O) groups is 1. The number of rotatable bonds is 4. The van der Waals surface area contributed by atoms with Crippen molar-refractivity contribution >= 4 is 19.2 Å². The molecule has 2 rings (SSSR count). The highest BCUT2D eigenvalue weighted by Gasteiger charge is 2.52. The van der Waals surface area contributed by atoms with E-state index in [0.29, 0.717) is 5.47 Å². The molecule has 1 aromatic rings. The minimum atomic E-state index is -1.12. The molecule has 1 aliphatic rings. The van der Waals surface area contributed by atoms with Crippen LogP contribution in [0.15, 0.2) is 23.7 Å². The molecule has 3 N–H and O–H groups in total. The van der Waals surface area contributed by atoms with Crippen LogP contribution in [0.25, 0.3) is 6.08 Å². The zero-order valence-corrected chi connectivity index (χ0v) is 13.7. The standard InChI is InChI=1S/C16H21BFNO4/c1-15(2)16(3,4)23-17(22-15)12(9-19)8-11-7-10(14(20)21)5-6-13(11)18/h5-8H,9,19H2,1-4H3,(H,20,21). The van der Waals surface area contributed by atoms with Gasteiger partial charge in [0.1, 0.15) is 5.82 Å². The third kappa shape index (κ3) is 3.47. The van der Waals surface area contributed by atoms with Gasteiger partial charge in [0, 0.05) is 12.1 Å². The Balaban J connectivity index is 2.37. The van der Waals surface area contributed by atoms with Crippen molar-refractivity contribution in [2.75, 3.05) is 6.54 Å². The van der Waals surface area contributed by atoms with Gasteiger partial charge in [-0.2, -0.15) is 0 Å². The Hall–Kier alpha value is -1.70. The Labute approximate surface area is 135 Å². The van der Waals surface area contributed by atoms with Gasteiger partial charge >= 0.3 is 13.1 Å². The molecule has 124 valence electrons. The maximum absolute atomic E-state index is 14.0. The van der Waals surface area contributed by atoms with Crippen LogP contribution in [0.3, 0.4) is 0 Å². The summed E-state index contributed by atoms with van der Waals surface area (Å²) in [6, 6.07) is 3.60. The van der Waals surface area contributed by atoms with E-state index in [1.54, 1.807) is 0 Å². The van der Waals surface area contributed by atoms with Crippen LogP contribution in [-0.2, 0) is 9.31 Å². The average Bonchev–Trinajstić information content (AvgIpc) is 2.66. The van der Waals surface area contributed by atoms with E-state index in [0.717, 1.165) is 6.07 Å². The summed E-state index contributed by atoms with van der Waals surface area (Å²) in [6.45, 7) is 7.74. The van der Waals surface area contributed by atoms with E-state index >= 15 is 0 Å². The van der Waals surface area contributed by atoms with E-state index < -0.39 is 30.1 Å². The maximum atomic E-state index is 14.0. The lowest BCUT2D eigenvalue weighted by atomic mass is 9.77. The molecule has 0 saturated carbocycles. The Morgan fingerprint density at radius 2 is 1.87 bits per heavy atom. The molecular formula is C16H21BFNO4. The molecule has 7 heteroatoms. The number of benzene rings is 1. The van der Waals surface area contributed by atoms with E-state index in [2.05, 4.69) is 0 Å². The van der Waals surface area contributed by atoms with E-state index in [-0.39, 0.29) is 17.7 Å². The second-order valence-electron chi connectivity index (χ2n) is 6.55. The minimum absolute atomic E-state index is 0.00272. The van der Waals surface area contributed by atoms with Crippen molar-refractivity contribution in [1.29, 1.82) is 0 Å². The van der Waals surface area contributed by atoms with Gasteiger partial charge in [0.15, 0.2) is 0 Å². The highest BCUT2D eigenvalue weighted by Crippen LogP contribution is 2.38. The molecule has 0 atom stereocenters. The number of aromatic carboxylic acids is 1. The monoisotopic (exact) mass is 321 g/mol. The van der Waals surface area contributed by atoms with Crippen LogP contribution in [0.1, 0.15) is 43.6 Å². The normalized spacial score (nSPS) is 19.9. The van der Waals surface area contributed by atoms with Crippen molar-refractivity contribution in [3.05, 3.63) is 40.6 Å². The molecule has 0 aromatic heterocycles. The highest BCUT2D eigenvalue weighted by molar-refractivity contribution is 6.55. The van der Waals surface area contributed by atoms with Crippen LogP contribution in [0.5, 0.6) is 0 Å². The minimum Gasteiger partial charge on any atom is -0.478 e. The third-order valence-electron chi connectivity index (χ3n) is 4.38. The fourth-order valence-electron chi connectivity index (χ4n) is 2.20. The van der Waals surface area contributed by atoms with Crippen molar-refractivity contribution in [2.45, 2.75) is 38.9 Å². The number of carboxylic acids is 1.